The van der Waals surface area contributed by atoms with Crippen LogP contribution in [0.1, 0.15) is 40.0 Å². The molecule has 1 N–H and O–H groups in total. The van der Waals surface area contributed by atoms with Crippen molar-refractivity contribution in [2.45, 2.75) is 63.9 Å². The molecule has 0 aromatic rings. The van der Waals surface area contributed by atoms with Gasteiger partial charge in [-0.3, -0.25) is 0 Å². The number of allylic oxidation sites excluding steroid dienone is 2. The second-order valence-corrected chi connectivity index (χ2v) is 78.1. The molecule has 0 aliphatic heterocycles. The maximum absolute atomic E-state index is 13.1. The molecule has 25 heteroatoms. The Morgan fingerprint density at radius 2 is 1.48 bits per heavy atom. The van der Waals surface area contributed by atoms with Gasteiger partial charge in [0.2, 0.25) is 0 Å². The van der Waals surface area contributed by atoms with Gasteiger partial charge >= 0.3 is 0 Å². The van der Waals surface area contributed by atoms with E-state index in [0.717, 1.165) is 20.8 Å². The maximum atomic E-state index is 13.1. The summed E-state index contributed by atoms with van der Waals surface area (Å²) < 4.78 is 21.5. The van der Waals surface area contributed by atoms with Crippen molar-refractivity contribution in [3.05, 3.63) is 11.6 Å². The van der Waals surface area contributed by atoms with Gasteiger partial charge in [-0.05, 0) is 59.0 Å². The van der Waals surface area contributed by atoms with Gasteiger partial charge < -0.3 is 18.7 Å². The predicted molar refractivity (Wildman–Crippen MR) is 246 cm³/mol. The predicted octanol–water partition coefficient (Wildman–Crippen LogP) is 13.7. The van der Waals surface area contributed by atoms with Crippen LogP contribution in [0.4, 0.5) is 0 Å². The van der Waals surface area contributed by atoms with Crippen molar-refractivity contribution < 1.29 is 18.7 Å². The van der Waals surface area contributed by atoms with Crippen LogP contribution >= 0.6 is 172 Å². The lowest BCUT2D eigenvalue weighted by molar-refractivity contribution is -0.139. The molecule has 2 bridgehead atoms. The molecule has 0 heterocycles. The number of rotatable bonds is 13. The Labute approximate surface area is 280 Å². The van der Waals surface area contributed by atoms with Crippen LogP contribution < -0.4 is 0 Å². The molecule has 234 valence electrons. The third-order valence-corrected chi connectivity index (χ3v) is 96.4. The van der Waals surface area contributed by atoms with E-state index in [0.29, 0.717) is 6.42 Å². The van der Waals surface area contributed by atoms with Crippen molar-refractivity contribution in [2.75, 3.05) is 0 Å². The average Bonchev–Trinajstić information content (AvgIpc) is 3.09. The molecule has 23 atom stereocenters. The Hall–Kier alpha value is 8.61. The molecule has 0 radical (unpaired) electrons. The van der Waals surface area contributed by atoms with Crippen molar-refractivity contribution >= 4 is 172 Å². The summed E-state index contributed by atoms with van der Waals surface area (Å²) in [4.78, 5) is 0. The van der Waals surface area contributed by atoms with E-state index >= 15 is 0 Å². The molecule has 0 aromatic carbocycles. The van der Waals surface area contributed by atoms with E-state index in [1.807, 2.05) is 0 Å². The van der Waals surface area contributed by atoms with Crippen LogP contribution in [0.15, 0.2) is 11.6 Å². The van der Waals surface area contributed by atoms with Crippen LogP contribution in [0.2, 0.25) is 0 Å². The first-order chi connectivity index (χ1) is 18.5. The zero-order chi connectivity index (χ0) is 30.4. The lowest BCUT2D eigenvalue weighted by Gasteiger charge is -2.51. The molecule has 4 nitrogen and oxygen atoms in total. The van der Waals surface area contributed by atoms with Crippen LogP contribution in [-0.2, 0) is 13.6 Å². The van der Waals surface area contributed by atoms with Crippen molar-refractivity contribution in [3.8, 4) is 0 Å². The second kappa shape index (κ2) is 18.6. The highest BCUT2D eigenvalue weighted by molar-refractivity contribution is 9.10. The summed E-state index contributed by atoms with van der Waals surface area (Å²) in [7, 11) is 33.2. The van der Waals surface area contributed by atoms with Gasteiger partial charge in [0.15, 0.2) is 0 Å². The average molecular weight is 940 g/mol. The van der Waals surface area contributed by atoms with Gasteiger partial charge in [0.05, 0.1) is 33.4 Å². The minimum Gasteiger partial charge on any atom is -0.386 e. The zero-order valence-electron chi connectivity index (χ0n) is 22.6. The van der Waals surface area contributed by atoms with E-state index in [2.05, 4.69) is 125 Å². The Bertz CT molecular complexity index is 894. The summed E-state index contributed by atoms with van der Waals surface area (Å²) in [6, 6.07) is 0. The quantitative estimate of drug-likeness (QED) is 0.148. The lowest BCUT2D eigenvalue weighted by atomic mass is 9.58. The maximum Gasteiger partial charge on any atom is 0.103 e. The summed E-state index contributed by atoms with van der Waals surface area (Å²) in [5.74, 6) is 0.230. The number of hydrogen-bond donors (Lipinski definition) is 1. The highest BCUT2D eigenvalue weighted by Gasteiger charge is 2.80. The first-order valence-electron chi connectivity index (χ1n) is 11.9. The standard InChI is InChI=1S/C15H45O4P21/c1-8-4-5-9-11(17-31-20)15(16)7-10(18-33(35(22)23)39(30)37(26)27)12(14(15,6-8)13(9,2)3)19-34(36(24)25)40(32-21)38(28)29/h4,9-12,16,31-32H,5-7,20-30H2,1-3H3/t9?,10-,11-,12+,14?,15-,33?,34?,39?,40?/m1/s1. The summed E-state index contributed by atoms with van der Waals surface area (Å²) in [5.41, 5.74) is -0.324. The number of hydrogen-bond acceptors (Lipinski definition) is 4. The molecule has 3 aliphatic carbocycles. The number of fused-ring (bicyclic) bond motifs is 1. The fourth-order valence-corrected chi connectivity index (χ4v) is 118. The highest BCUT2D eigenvalue weighted by Crippen LogP contribution is 3.10. The molecule has 3 aliphatic rings. The SMILES string of the molecule is CC1=CCC2[C@@H](OPP)[C@]3(O)C[C@@H](OP(P(P)P)P(P)P(P)P)[C@H](OP(P(P)P)P(PP)P(P)P)C3(C1)C2(C)C. The summed E-state index contributed by atoms with van der Waals surface area (Å²) >= 11 is 0. The normalized spacial score (nSPS) is 37.2. The van der Waals surface area contributed by atoms with E-state index < -0.39 is 40.0 Å². The van der Waals surface area contributed by atoms with Crippen LogP contribution in [0.3, 0.4) is 0 Å². The molecule has 0 aromatic heterocycles. The van der Waals surface area contributed by atoms with E-state index in [9.17, 15) is 5.11 Å². The summed E-state index contributed by atoms with van der Waals surface area (Å²) in [5, 5.41) is 13.1. The molecule has 3 rings (SSSR count). The van der Waals surface area contributed by atoms with Crippen molar-refractivity contribution in [1.29, 1.82) is 0 Å². The first-order valence-corrected chi connectivity index (χ1v) is 47.7. The van der Waals surface area contributed by atoms with E-state index in [1.54, 1.807) is 0 Å². The smallest absolute Gasteiger partial charge is 0.103 e. The molecule has 2 saturated carbocycles. The Balaban J connectivity index is 2.24. The Morgan fingerprint density at radius 1 is 0.875 bits per heavy atom. The van der Waals surface area contributed by atoms with Gasteiger partial charge in [-0.15, -0.1) is 80.4 Å². The molecule has 0 saturated heterocycles. The minimum atomic E-state index is -1.01. The van der Waals surface area contributed by atoms with Crippen molar-refractivity contribution in [3.63, 3.8) is 0 Å². The summed E-state index contributed by atoms with van der Waals surface area (Å²) in [6.45, 7) is 4.89. The largest absolute Gasteiger partial charge is 0.386 e. The van der Waals surface area contributed by atoms with Crippen LogP contribution in [-0.4, -0.2) is 29.0 Å². The third kappa shape index (κ3) is 8.86. The molecule has 19 unspecified atom stereocenters. The Kier molecular flexibility index (Phi) is 20.0. The monoisotopic (exact) mass is 940 g/mol. The lowest BCUT2D eigenvalue weighted by Crippen LogP contribution is -2.55. The molecular formula is C15H45O4P21. The van der Waals surface area contributed by atoms with E-state index in [-0.39, 0.29) is 66.1 Å². The number of aliphatic hydroxyl groups is 1. The fraction of sp³-hybridized carbons (Fsp3) is 0.867. The fourth-order valence-electron chi connectivity index (χ4n) is 6.66. The van der Waals surface area contributed by atoms with Gasteiger partial charge in [0.25, 0.3) is 0 Å². The van der Waals surface area contributed by atoms with Gasteiger partial charge in [-0.25, -0.2) is 0 Å². The molecule has 2 fully saturated rings. The molecule has 40 heavy (non-hydrogen) atoms. The van der Waals surface area contributed by atoms with Gasteiger partial charge in [-0.2, -0.15) is 0 Å². The molecule has 1 spiro atoms. The van der Waals surface area contributed by atoms with E-state index in [1.165, 1.54) is 5.57 Å². The van der Waals surface area contributed by atoms with Crippen LogP contribution in [0.5, 0.6) is 0 Å². The van der Waals surface area contributed by atoms with Crippen molar-refractivity contribution in [2.24, 2.45) is 16.7 Å². The minimum absolute atomic E-state index is 0.164. The highest BCUT2D eigenvalue weighted by atomic mass is 33.1. The van der Waals surface area contributed by atoms with Crippen LogP contribution in [0.25, 0.3) is 0 Å². The second-order valence-electron chi connectivity index (χ2n) is 10.5. The molecule has 0 amide bonds. The Morgan fingerprint density at radius 3 is 1.95 bits per heavy atom. The van der Waals surface area contributed by atoms with Gasteiger partial charge in [0.1, 0.15) is 5.60 Å². The van der Waals surface area contributed by atoms with Crippen LogP contribution in [0, 0.1) is 16.7 Å². The summed E-state index contributed by atoms with van der Waals surface area (Å²) in [6.07, 6.45) is 4.17. The zero-order valence-corrected chi connectivity index (χ0v) is 44.5. The topological polar surface area (TPSA) is 47.9 Å². The van der Waals surface area contributed by atoms with Gasteiger partial charge in [0, 0.05) is 34.3 Å². The van der Waals surface area contributed by atoms with Gasteiger partial charge in [-0.1, -0.05) is 51.3 Å². The molecular weight excluding hydrogens is 895 g/mol. The van der Waals surface area contributed by atoms with Crippen molar-refractivity contribution in [1.82, 2.24) is 0 Å². The first kappa shape index (κ1) is 43.0. The third-order valence-electron chi connectivity index (χ3n) is 8.23. The van der Waals surface area contributed by atoms with E-state index in [4.69, 9.17) is 13.6 Å².